The maximum absolute atomic E-state index is 14.7. The van der Waals surface area contributed by atoms with Gasteiger partial charge in [0.1, 0.15) is 0 Å². The highest BCUT2D eigenvalue weighted by atomic mass is 32.2. The lowest BCUT2D eigenvalue weighted by atomic mass is 9.67. The summed E-state index contributed by atoms with van der Waals surface area (Å²) in [5.74, 6) is 0. The predicted molar refractivity (Wildman–Crippen MR) is 243 cm³/mol. The zero-order valence-electron chi connectivity index (χ0n) is 33.9. The Labute approximate surface area is 352 Å². The van der Waals surface area contributed by atoms with Crippen molar-refractivity contribution in [2.45, 2.75) is 53.7 Å². The lowest BCUT2D eigenvalue weighted by Gasteiger charge is -2.43. The van der Waals surface area contributed by atoms with Crippen LogP contribution < -0.4 is 9.80 Å². The van der Waals surface area contributed by atoms with Crippen molar-refractivity contribution in [1.29, 1.82) is 0 Å². The molecule has 5 heteroatoms. The van der Waals surface area contributed by atoms with Crippen molar-refractivity contribution in [3.05, 3.63) is 226 Å². The number of nitrogens with zero attached hydrogens (tertiary/aromatic N) is 2. The van der Waals surface area contributed by atoms with Gasteiger partial charge in [0.15, 0.2) is 0 Å². The first-order valence-corrected chi connectivity index (χ1v) is 22.3. The summed E-state index contributed by atoms with van der Waals surface area (Å²) < 4.78 is 29.5. The molecule has 0 fully saturated rings. The normalized spacial score (nSPS) is 17.3. The fraction of sp³-hybridized carbons (Fsp3) is 0.127. The molecule has 0 atom stereocenters. The van der Waals surface area contributed by atoms with Crippen LogP contribution in [0.2, 0.25) is 0 Å². The average Bonchev–Trinajstić information content (AvgIpc) is 3.56. The standard InChI is InChI=1S/C55H42N2O2S/c1-53(2)39-17-5-11-23-47(39)56(48-24-12-6-18-40(48)53)35-29-31-37-38-32-30-36(57-49-25-13-7-19-41(49)54(3,4)42-20-8-14-26-50(42)57)34-46(38)55(45(37)33-35)43-21-9-15-27-51(43)60(58,59)52-28-16-10-22-44(52)55/h5-34H,1-4H3. The molecule has 3 aliphatic heterocycles. The van der Waals surface area contributed by atoms with Crippen molar-refractivity contribution in [3.63, 3.8) is 0 Å². The Hall–Kier alpha value is -6.69. The Morgan fingerprint density at radius 2 is 0.650 bits per heavy atom. The highest BCUT2D eigenvalue weighted by molar-refractivity contribution is 7.91. The van der Waals surface area contributed by atoms with Crippen molar-refractivity contribution in [2.75, 3.05) is 9.80 Å². The Morgan fingerprint density at radius 3 is 1.00 bits per heavy atom. The number of hydrogen-bond acceptors (Lipinski definition) is 4. The monoisotopic (exact) mass is 794 g/mol. The number of fused-ring (bicyclic) bond motifs is 13. The number of para-hydroxylation sites is 4. The summed E-state index contributed by atoms with van der Waals surface area (Å²) in [5.41, 5.74) is 16.2. The summed E-state index contributed by atoms with van der Waals surface area (Å²) in [6.45, 7) is 9.24. The van der Waals surface area contributed by atoms with Crippen LogP contribution in [0, 0.1) is 0 Å². The summed E-state index contributed by atoms with van der Waals surface area (Å²) >= 11 is 0. The zero-order valence-corrected chi connectivity index (χ0v) is 34.8. The number of rotatable bonds is 2. The molecule has 0 bridgehead atoms. The molecule has 0 aromatic heterocycles. The molecule has 0 saturated carbocycles. The van der Waals surface area contributed by atoms with Gasteiger partial charge >= 0.3 is 0 Å². The van der Waals surface area contributed by atoms with Crippen LogP contribution in [0.5, 0.6) is 0 Å². The van der Waals surface area contributed by atoms with Gasteiger partial charge in [-0.2, -0.15) is 0 Å². The van der Waals surface area contributed by atoms with Crippen LogP contribution in [0.1, 0.15) is 72.2 Å². The SMILES string of the molecule is CC1(C)c2ccccc2N(c2ccc3c(c2)C2(c4cc(N5c6ccccc6C(C)(C)c6ccccc65)ccc4-3)c3ccccc3S(=O)(=O)c3ccccc32)c2ccccc21. The minimum Gasteiger partial charge on any atom is -0.310 e. The van der Waals surface area contributed by atoms with E-state index in [4.69, 9.17) is 0 Å². The number of benzene rings is 8. The van der Waals surface area contributed by atoms with Gasteiger partial charge in [-0.15, -0.1) is 0 Å². The van der Waals surface area contributed by atoms with E-state index in [0.29, 0.717) is 9.79 Å². The van der Waals surface area contributed by atoms with Gasteiger partial charge in [0, 0.05) is 22.2 Å². The number of hydrogen-bond donors (Lipinski definition) is 0. The molecule has 3 heterocycles. The molecule has 60 heavy (non-hydrogen) atoms. The Balaban J connectivity index is 1.17. The third-order valence-corrected chi connectivity index (χ3v) is 15.9. The molecule has 8 aromatic rings. The van der Waals surface area contributed by atoms with Crippen molar-refractivity contribution in [1.82, 2.24) is 0 Å². The Kier molecular flexibility index (Phi) is 7.03. The summed E-state index contributed by atoms with van der Waals surface area (Å²) in [5, 5.41) is 0. The number of sulfone groups is 1. The van der Waals surface area contributed by atoms with E-state index in [2.05, 4.69) is 171 Å². The predicted octanol–water partition coefficient (Wildman–Crippen LogP) is 13.4. The van der Waals surface area contributed by atoms with Crippen LogP contribution in [-0.2, 0) is 26.1 Å². The largest absolute Gasteiger partial charge is 0.310 e. The maximum Gasteiger partial charge on any atom is 0.207 e. The second-order valence-electron chi connectivity index (χ2n) is 17.7. The second kappa shape index (κ2) is 12.0. The van der Waals surface area contributed by atoms with Crippen molar-refractivity contribution in [3.8, 4) is 11.1 Å². The molecule has 290 valence electrons. The second-order valence-corrected chi connectivity index (χ2v) is 19.6. The van der Waals surface area contributed by atoms with Crippen molar-refractivity contribution < 1.29 is 8.42 Å². The highest BCUT2D eigenvalue weighted by Crippen LogP contribution is 2.63. The molecule has 1 spiro atoms. The third-order valence-electron chi connectivity index (χ3n) is 14.1. The molecule has 1 aliphatic carbocycles. The molecule has 12 rings (SSSR count). The molecule has 0 radical (unpaired) electrons. The van der Waals surface area contributed by atoms with Crippen LogP contribution in [0.3, 0.4) is 0 Å². The fourth-order valence-corrected chi connectivity index (χ4v) is 13.1. The van der Waals surface area contributed by atoms with E-state index >= 15 is 0 Å². The lowest BCUT2D eigenvalue weighted by molar-refractivity contribution is 0.580. The average molecular weight is 795 g/mol. The van der Waals surface area contributed by atoms with Gasteiger partial charge in [-0.1, -0.05) is 149 Å². The summed E-state index contributed by atoms with van der Waals surface area (Å²) in [4.78, 5) is 5.51. The quantitative estimate of drug-likeness (QED) is 0.175. The summed E-state index contributed by atoms with van der Waals surface area (Å²) in [6, 6.07) is 64.1. The maximum atomic E-state index is 14.7. The van der Waals surface area contributed by atoms with E-state index < -0.39 is 15.3 Å². The minimum atomic E-state index is -3.84. The van der Waals surface area contributed by atoms with E-state index in [-0.39, 0.29) is 10.8 Å². The molecule has 8 aromatic carbocycles. The molecule has 0 unspecified atom stereocenters. The van der Waals surface area contributed by atoms with E-state index in [9.17, 15) is 8.42 Å². The van der Waals surface area contributed by atoms with Crippen LogP contribution >= 0.6 is 0 Å². The third kappa shape index (κ3) is 4.32. The fourth-order valence-electron chi connectivity index (χ4n) is 11.3. The molecular formula is C55H42N2O2S. The van der Waals surface area contributed by atoms with Crippen LogP contribution in [0.25, 0.3) is 11.1 Å². The van der Waals surface area contributed by atoms with Gasteiger partial charge in [0.2, 0.25) is 9.84 Å². The van der Waals surface area contributed by atoms with Crippen molar-refractivity contribution in [2.24, 2.45) is 0 Å². The van der Waals surface area contributed by atoms with Gasteiger partial charge in [-0.05, 0) is 116 Å². The van der Waals surface area contributed by atoms with Gasteiger partial charge in [-0.3, -0.25) is 0 Å². The van der Waals surface area contributed by atoms with E-state index in [1.165, 1.54) is 22.3 Å². The van der Waals surface area contributed by atoms with Gasteiger partial charge in [0.05, 0.1) is 38.0 Å². The zero-order chi connectivity index (χ0) is 40.8. The number of anilines is 6. The van der Waals surface area contributed by atoms with Crippen LogP contribution in [0.4, 0.5) is 34.1 Å². The molecule has 0 saturated heterocycles. The summed E-state index contributed by atoms with van der Waals surface area (Å²) in [7, 11) is -3.84. The molecule has 4 nitrogen and oxygen atoms in total. The first-order chi connectivity index (χ1) is 29.1. The van der Waals surface area contributed by atoms with Crippen molar-refractivity contribution >= 4 is 44.0 Å². The summed E-state index contributed by atoms with van der Waals surface area (Å²) in [6.07, 6.45) is 0. The topological polar surface area (TPSA) is 40.6 Å². The van der Waals surface area contributed by atoms with Crippen LogP contribution in [-0.4, -0.2) is 8.42 Å². The molecule has 0 N–H and O–H groups in total. The van der Waals surface area contributed by atoms with Gasteiger partial charge in [-0.25, -0.2) is 8.42 Å². The van der Waals surface area contributed by atoms with Gasteiger partial charge in [0.25, 0.3) is 0 Å². The smallest absolute Gasteiger partial charge is 0.207 e. The van der Waals surface area contributed by atoms with Gasteiger partial charge < -0.3 is 9.80 Å². The molecule has 4 aliphatic rings. The van der Waals surface area contributed by atoms with E-state index in [0.717, 1.165) is 67.5 Å². The first-order valence-electron chi connectivity index (χ1n) is 20.8. The van der Waals surface area contributed by atoms with E-state index in [1.807, 2.05) is 36.4 Å². The Morgan fingerprint density at radius 1 is 0.350 bits per heavy atom. The Bertz CT molecular complexity index is 2960. The van der Waals surface area contributed by atoms with Crippen LogP contribution in [0.15, 0.2) is 192 Å². The lowest BCUT2D eigenvalue weighted by Crippen LogP contribution is -2.36. The van der Waals surface area contributed by atoms with E-state index in [1.54, 1.807) is 12.1 Å². The minimum absolute atomic E-state index is 0.204. The highest BCUT2D eigenvalue weighted by Gasteiger charge is 2.54. The molecule has 0 amide bonds. The first kappa shape index (κ1) is 35.3. The molecular weight excluding hydrogens is 753 g/mol.